The Hall–Kier alpha value is -1.25. The van der Waals surface area contributed by atoms with Gasteiger partial charge in [0.2, 0.25) is 0 Å². The van der Waals surface area contributed by atoms with Crippen molar-refractivity contribution in [2.75, 3.05) is 0 Å². The van der Waals surface area contributed by atoms with Gasteiger partial charge < -0.3 is 10.1 Å². The lowest BCUT2D eigenvalue weighted by Gasteiger charge is -1.95. The molecule has 1 heterocycles. The summed E-state index contributed by atoms with van der Waals surface area (Å²) in [6.07, 6.45) is 1.05. The minimum atomic E-state index is -0.848. The van der Waals surface area contributed by atoms with E-state index in [1.807, 2.05) is 6.07 Å². The number of hydrogen-bond acceptors (Lipinski definition) is 1. The van der Waals surface area contributed by atoms with Gasteiger partial charge >= 0.3 is 5.97 Å². The second-order valence-electron chi connectivity index (χ2n) is 4.17. The summed E-state index contributed by atoms with van der Waals surface area (Å²) in [4.78, 5) is 13.7. The van der Waals surface area contributed by atoms with Crippen LogP contribution in [0.15, 0.2) is 6.07 Å². The molecule has 0 spiro atoms. The number of nitrogens with one attached hydrogen (secondary N) is 1. The number of aromatic nitrogens is 1. The highest BCUT2D eigenvalue weighted by Gasteiger charge is 2.53. The Morgan fingerprint density at radius 1 is 1.69 bits per heavy atom. The number of fused-ring (bicyclic) bond motifs is 3. The summed E-state index contributed by atoms with van der Waals surface area (Å²) in [7, 11) is 0. The molecule has 0 amide bonds. The van der Waals surface area contributed by atoms with Gasteiger partial charge in [0, 0.05) is 5.69 Å². The van der Waals surface area contributed by atoms with Crippen molar-refractivity contribution >= 4 is 5.97 Å². The van der Waals surface area contributed by atoms with E-state index in [9.17, 15) is 4.79 Å². The predicted octanol–water partition coefficient (Wildman–Crippen LogP) is 1.62. The van der Waals surface area contributed by atoms with Crippen LogP contribution in [0.4, 0.5) is 0 Å². The Morgan fingerprint density at radius 2 is 2.46 bits per heavy atom. The van der Waals surface area contributed by atoms with Crippen LogP contribution in [-0.2, 0) is 6.42 Å². The monoisotopic (exact) mass is 177 g/mol. The summed E-state index contributed by atoms with van der Waals surface area (Å²) in [6, 6.07) is 1.81. The van der Waals surface area contributed by atoms with Crippen LogP contribution in [0.1, 0.15) is 34.6 Å². The lowest BCUT2D eigenvalue weighted by atomic mass is 10.1. The second-order valence-corrected chi connectivity index (χ2v) is 4.17. The molecular weight excluding hydrogens is 166 g/mol. The average molecular weight is 177 g/mol. The molecule has 2 unspecified atom stereocenters. The van der Waals surface area contributed by atoms with E-state index >= 15 is 0 Å². The first-order chi connectivity index (χ1) is 6.18. The largest absolute Gasteiger partial charge is 0.477 e. The van der Waals surface area contributed by atoms with Gasteiger partial charge in [0.1, 0.15) is 5.69 Å². The van der Waals surface area contributed by atoms with Crippen LogP contribution in [0.2, 0.25) is 0 Å². The molecule has 1 fully saturated rings. The Bertz CT molecular complexity index is 394. The van der Waals surface area contributed by atoms with E-state index in [0.717, 1.165) is 24.0 Å². The third-order valence-corrected chi connectivity index (χ3v) is 3.53. The zero-order valence-electron chi connectivity index (χ0n) is 7.37. The molecule has 1 aromatic heterocycles. The van der Waals surface area contributed by atoms with Crippen molar-refractivity contribution < 1.29 is 9.90 Å². The molecule has 0 saturated heterocycles. The van der Waals surface area contributed by atoms with Crippen molar-refractivity contribution in [1.82, 2.24) is 4.98 Å². The third kappa shape index (κ3) is 0.767. The van der Waals surface area contributed by atoms with Gasteiger partial charge in [-0.3, -0.25) is 0 Å². The van der Waals surface area contributed by atoms with Gasteiger partial charge in [-0.15, -0.1) is 0 Å². The van der Waals surface area contributed by atoms with Crippen LogP contribution >= 0.6 is 0 Å². The molecule has 3 nitrogen and oxygen atoms in total. The van der Waals surface area contributed by atoms with Gasteiger partial charge in [-0.2, -0.15) is 0 Å². The maximum Gasteiger partial charge on any atom is 0.352 e. The van der Waals surface area contributed by atoms with Gasteiger partial charge in [0.25, 0.3) is 0 Å². The van der Waals surface area contributed by atoms with Crippen molar-refractivity contribution in [3.63, 3.8) is 0 Å². The number of aromatic carboxylic acids is 1. The lowest BCUT2D eigenvalue weighted by Crippen LogP contribution is -1.97. The summed E-state index contributed by atoms with van der Waals surface area (Å²) in [5, 5.41) is 8.78. The van der Waals surface area contributed by atoms with Crippen molar-refractivity contribution in [1.29, 1.82) is 0 Å². The number of aromatic amines is 1. The summed E-state index contributed by atoms with van der Waals surface area (Å²) >= 11 is 0. The smallest absolute Gasteiger partial charge is 0.352 e. The molecule has 2 N–H and O–H groups in total. The van der Waals surface area contributed by atoms with E-state index in [0.29, 0.717) is 11.6 Å². The van der Waals surface area contributed by atoms with Gasteiger partial charge in [0.15, 0.2) is 0 Å². The van der Waals surface area contributed by atoms with Crippen molar-refractivity contribution in [2.45, 2.75) is 19.3 Å². The SMILES string of the molecule is CC1C2c3cc(C(=O)O)[nH]c3C[C@H]12. The number of carbonyl (C=O) groups is 1. The number of hydrogen-bond donors (Lipinski definition) is 2. The Labute approximate surface area is 75.8 Å². The molecule has 1 aromatic rings. The van der Waals surface area contributed by atoms with Crippen LogP contribution in [0.5, 0.6) is 0 Å². The highest BCUT2D eigenvalue weighted by molar-refractivity contribution is 5.86. The van der Waals surface area contributed by atoms with Crippen molar-refractivity contribution in [3.05, 3.63) is 23.0 Å². The number of rotatable bonds is 1. The number of H-pyrrole nitrogens is 1. The lowest BCUT2D eigenvalue weighted by molar-refractivity contribution is 0.0691. The van der Waals surface area contributed by atoms with E-state index in [1.54, 1.807) is 0 Å². The van der Waals surface area contributed by atoms with Crippen LogP contribution in [0, 0.1) is 11.8 Å². The summed E-state index contributed by atoms with van der Waals surface area (Å²) in [6.45, 7) is 2.24. The summed E-state index contributed by atoms with van der Waals surface area (Å²) < 4.78 is 0. The summed E-state index contributed by atoms with van der Waals surface area (Å²) in [5.41, 5.74) is 2.77. The van der Waals surface area contributed by atoms with Crippen LogP contribution in [-0.4, -0.2) is 16.1 Å². The Balaban J connectivity index is 2.03. The van der Waals surface area contributed by atoms with E-state index < -0.39 is 5.97 Å². The fourth-order valence-electron chi connectivity index (χ4n) is 2.70. The average Bonchev–Trinajstić information content (AvgIpc) is 2.49. The fraction of sp³-hybridized carbons (Fsp3) is 0.500. The van der Waals surface area contributed by atoms with Crippen molar-refractivity contribution in [3.8, 4) is 0 Å². The van der Waals surface area contributed by atoms with Crippen molar-refractivity contribution in [2.24, 2.45) is 11.8 Å². The predicted molar refractivity (Wildman–Crippen MR) is 46.9 cm³/mol. The Morgan fingerprint density at radius 3 is 3.15 bits per heavy atom. The van der Waals surface area contributed by atoms with E-state index in [1.165, 1.54) is 5.56 Å². The molecule has 2 aliphatic rings. The molecule has 0 aromatic carbocycles. The van der Waals surface area contributed by atoms with Gasteiger partial charge in [-0.05, 0) is 35.8 Å². The van der Waals surface area contributed by atoms with E-state index in [-0.39, 0.29) is 0 Å². The minimum Gasteiger partial charge on any atom is -0.477 e. The molecule has 68 valence electrons. The Kier molecular flexibility index (Phi) is 1.09. The maximum absolute atomic E-state index is 10.7. The number of carboxylic acids is 1. The van der Waals surface area contributed by atoms with Crippen LogP contribution in [0.3, 0.4) is 0 Å². The third-order valence-electron chi connectivity index (χ3n) is 3.53. The zero-order valence-corrected chi connectivity index (χ0v) is 7.37. The molecule has 3 heteroatoms. The first-order valence-electron chi connectivity index (χ1n) is 4.63. The first kappa shape index (κ1) is 7.18. The molecule has 13 heavy (non-hydrogen) atoms. The molecule has 2 aliphatic carbocycles. The minimum absolute atomic E-state index is 0.350. The molecule has 3 rings (SSSR count). The molecule has 3 atom stereocenters. The quantitative estimate of drug-likeness (QED) is 0.684. The standard InChI is InChI=1S/C10H11NO2/c1-4-5-2-7-6(9(4)5)3-8(11-7)10(12)13/h3-5,9,11H,2H2,1H3,(H,12,13)/t4?,5-,9?/m1/s1. The molecular formula is C10H11NO2. The second kappa shape index (κ2) is 1.97. The molecule has 1 saturated carbocycles. The van der Waals surface area contributed by atoms with Gasteiger partial charge in [0.05, 0.1) is 0 Å². The van der Waals surface area contributed by atoms with Crippen LogP contribution in [0.25, 0.3) is 0 Å². The normalized spacial score (nSPS) is 34.1. The maximum atomic E-state index is 10.7. The highest BCUT2D eigenvalue weighted by atomic mass is 16.4. The first-order valence-corrected chi connectivity index (χ1v) is 4.63. The highest BCUT2D eigenvalue weighted by Crippen LogP contribution is 2.61. The molecule has 0 radical (unpaired) electrons. The molecule has 0 aliphatic heterocycles. The summed E-state index contributed by atoms with van der Waals surface area (Å²) in [5.74, 6) is 1.37. The van der Waals surface area contributed by atoms with Crippen LogP contribution < -0.4 is 0 Å². The van der Waals surface area contributed by atoms with Gasteiger partial charge in [-0.1, -0.05) is 6.92 Å². The van der Waals surface area contributed by atoms with E-state index in [4.69, 9.17) is 5.11 Å². The molecule has 0 bridgehead atoms. The zero-order chi connectivity index (χ0) is 9.16. The fourth-order valence-corrected chi connectivity index (χ4v) is 2.70. The topological polar surface area (TPSA) is 53.1 Å². The number of carboxylic acid groups (broad SMARTS) is 1. The van der Waals surface area contributed by atoms with E-state index in [2.05, 4.69) is 11.9 Å². The van der Waals surface area contributed by atoms with Gasteiger partial charge in [-0.25, -0.2) is 4.79 Å².